The molecular weight excluding hydrogens is 404 g/mol. The molecule has 0 unspecified atom stereocenters. The fraction of sp³-hybridized carbons (Fsp3) is 0.727. The lowest BCUT2D eigenvalue weighted by Gasteiger charge is -2.14. The van der Waals surface area contributed by atoms with Gasteiger partial charge in [-0.3, -0.25) is 4.79 Å². The number of nitrogens with one attached hydrogen (secondary N) is 2. The number of carbonyl (C=O) groups excluding carboxylic acids is 1. The third kappa shape index (κ3) is 22.6. The van der Waals surface area contributed by atoms with Crippen molar-refractivity contribution >= 4 is 28.8 Å². The quantitative estimate of drug-likeness (QED) is 0.215. The van der Waals surface area contributed by atoms with Crippen LogP contribution in [0.4, 0.5) is 5.00 Å². The molecule has 0 amide bonds. The normalized spacial score (nSPS) is 9.63. The van der Waals surface area contributed by atoms with E-state index in [0.717, 1.165) is 29.9 Å². The molecule has 0 bridgehead atoms. The minimum absolute atomic E-state index is 0.0981. The smallest absolute Gasteiger partial charge is 0.346 e. The second-order valence-electron chi connectivity index (χ2n) is 7.35. The Morgan fingerprint density at radius 2 is 1.73 bits per heavy atom. The highest BCUT2D eigenvalue weighted by atomic mass is 32.1. The number of carboxylic acid groups (broad SMARTS) is 1. The maximum absolute atomic E-state index is 10.7. The van der Waals surface area contributed by atoms with Crippen molar-refractivity contribution in [3.63, 3.8) is 0 Å². The molecule has 0 atom stereocenters. The Labute approximate surface area is 187 Å². The molecule has 1 heterocycles. The van der Waals surface area contributed by atoms with Crippen LogP contribution in [-0.2, 0) is 14.5 Å². The van der Waals surface area contributed by atoms with E-state index in [1.54, 1.807) is 13.0 Å². The number of ether oxygens (including phenoxy) is 1. The zero-order valence-corrected chi connectivity index (χ0v) is 21.2. The molecule has 0 fully saturated rings. The molecule has 0 aliphatic carbocycles. The van der Waals surface area contributed by atoms with Crippen LogP contribution in [0.3, 0.4) is 0 Å². The molecule has 1 aromatic heterocycles. The van der Waals surface area contributed by atoms with Gasteiger partial charge in [0.2, 0.25) is 0 Å². The lowest BCUT2D eigenvalue weighted by atomic mass is 9.99. The largest absolute Gasteiger partial charge is 0.477 e. The molecule has 0 saturated carbocycles. The Kier molecular flexibility index (Phi) is 24.3. The van der Waals surface area contributed by atoms with Crippen molar-refractivity contribution < 1.29 is 24.4 Å². The Morgan fingerprint density at radius 3 is 2.03 bits per heavy atom. The maximum Gasteiger partial charge on any atom is 0.346 e. The van der Waals surface area contributed by atoms with Crippen molar-refractivity contribution in [3.8, 4) is 0 Å². The number of aryl methyl sites for hydroxylation is 1. The van der Waals surface area contributed by atoms with Crippen LogP contribution in [0.15, 0.2) is 6.07 Å². The molecule has 1 aromatic rings. The summed E-state index contributed by atoms with van der Waals surface area (Å²) in [6.07, 6.45) is 5.04. The van der Waals surface area contributed by atoms with Gasteiger partial charge in [0.1, 0.15) is 9.88 Å². The van der Waals surface area contributed by atoms with Crippen LogP contribution in [0, 0.1) is 12.3 Å². The Morgan fingerprint density at radius 1 is 1.17 bits per heavy atom. The molecule has 0 radical (unpaired) electrons. The summed E-state index contributed by atoms with van der Waals surface area (Å²) in [5.41, 5.74) is 6.16. The number of rotatable bonds is 10. The van der Waals surface area contributed by atoms with Gasteiger partial charge in [-0.2, -0.15) is 10.4 Å². The van der Waals surface area contributed by atoms with Gasteiger partial charge in [-0.1, -0.05) is 74.7 Å². The molecule has 0 aromatic carbocycles. The summed E-state index contributed by atoms with van der Waals surface area (Å²) in [7, 11) is 0. The zero-order valence-electron chi connectivity index (χ0n) is 20.4. The fourth-order valence-electron chi connectivity index (χ4n) is 1.62. The summed E-state index contributed by atoms with van der Waals surface area (Å²) in [4.78, 5) is 25.6. The first-order valence-corrected chi connectivity index (χ1v) is 11.5. The van der Waals surface area contributed by atoms with E-state index in [9.17, 15) is 9.59 Å². The number of hydrogen-bond acceptors (Lipinski definition) is 7. The van der Waals surface area contributed by atoms with E-state index >= 15 is 0 Å². The minimum Gasteiger partial charge on any atom is -0.477 e. The van der Waals surface area contributed by atoms with Crippen LogP contribution in [-0.4, -0.2) is 30.7 Å². The van der Waals surface area contributed by atoms with E-state index in [2.05, 4.69) is 29.5 Å². The van der Waals surface area contributed by atoms with Crippen molar-refractivity contribution in [2.75, 3.05) is 18.6 Å². The van der Waals surface area contributed by atoms with Gasteiger partial charge in [-0.25, -0.2) is 10.3 Å². The fourth-order valence-corrected chi connectivity index (χ4v) is 2.47. The van der Waals surface area contributed by atoms with E-state index in [0.29, 0.717) is 23.0 Å². The molecular formula is C22H44N2O5S. The molecule has 0 saturated heterocycles. The molecule has 178 valence electrons. The lowest BCUT2D eigenvalue weighted by molar-refractivity contribution is -0.131. The summed E-state index contributed by atoms with van der Waals surface area (Å²) in [5, 5.41) is 9.49. The standard InChI is InChI=1S/C9H14N2O3S.C6H12O2.C5H12.C2H6/c1-3-4-10-14-11-7-5-6(2)8(15-7)9(12)13;1-6(2,3)4-8-5-7;1-3-5-4-2;1-2/h5,10-11H,3-4H2,1-2H3,(H,12,13);5H,4H2,1-3H3;3-5H2,1-2H3;1-2H3. The van der Waals surface area contributed by atoms with Crippen LogP contribution >= 0.6 is 11.3 Å². The van der Waals surface area contributed by atoms with Crippen LogP contribution in [0.5, 0.6) is 0 Å². The first-order chi connectivity index (χ1) is 14.1. The minimum atomic E-state index is -0.910. The molecule has 0 spiro atoms. The number of thiophene rings is 1. The van der Waals surface area contributed by atoms with Crippen molar-refractivity contribution in [2.45, 2.75) is 88.0 Å². The van der Waals surface area contributed by atoms with Gasteiger partial charge in [-0.05, 0) is 30.4 Å². The van der Waals surface area contributed by atoms with Crippen LogP contribution in [0.25, 0.3) is 0 Å². The van der Waals surface area contributed by atoms with Crippen LogP contribution in [0.2, 0.25) is 0 Å². The molecule has 8 heteroatoms. The number of hydroxylamine groups is 1. The summed E-state index contributed by atoms with van der Waals surface area (Å²) < 4.78 is 4.52. The van der Waals surface area contributed by atoms with Crippen molar-refractivity contribution in [1.82, 2.24) is 5.48 Å². The highest BCUT2D eigenvalue weighted by molar-refractivity contribution is 7.18. The molecule has 30 heavy (non-hydrogen) atoms. The predicted octanol–water partition coefficient (Wildman–Crippen LogP) is 6.44. The number of aromatic carboxylic acids is 1. The number of unbranched alkanes of at least 4 members (excludes halogenated alkanes) is 2. The predicted molar refractivity (Wildman–Crippen MR) is 127 cm³/mol. The summed E-state index contributed by atoms with van der Waals surface area (Å²) >= 11 is 1.15. The highest BCUT2D eigenvalue weighted by Crippen LogP contribution is 2.26. The molecule has 0 aliphatic rings. The first kappa shape index (κ1) is 33.0. The van der Waals surface area contributed by atoms with Crippen molar-refractivity contribution in [1.29, 1.82) is 0 Å². The SMILES string of the molecule is CC.CC(C)(C)COC=O.CCCCC.CCCNONc1cc(C)c(C(=O)O)s1. The highest BCUT2D eigenvalue weighted by Gasteiger charge is 2.11. The van der Waals surface area contributed by atoms with E-state index in [-0.39, 0.29) is 5.41 Å². The average Bonchev–Trinajstić information content (AvgIpc) is 3.07. The van der Waals surface area contributed by atoms with Crippen molar-refractivity contribution in [2.24, 2.45) is 5.41 Å². The molecule has 3 N–H and O–H groups in total. The third-order valence-electron chi connectivity index (χ3n) is 2.98. The van der Waals surface area contributed by atoms with Gasteiger partial charge in [0, 0.05) is 6.54 Å². The first-order valence-electron chi connectivity index (χ1n) is 10.7. The number of carbonyl (C=O) groups is 2. The summed E-state index contributed by atoms with van der Waals surface area (Å²) in [6.45, 7) is 19.9. The second kappa shape index (κ2) is 22.1. The van der Waals surface area contributed by atoms with Crippen LogP contribution < -0.4 is 11.0 Å². The second-order valence-corrected chi connectivity index (χ2v) is 8.40. The van der Waals surface area contributed by atoms with Gasteiger partial charge in [0.25, 0.3) is 6.47 Å². The molecule has 0 aliphatic heterocycles. The summed E-state index contributed by atoms with van der Waals surface area (Å²) in [6, 6.07) is 1.74. The average molecular weight is 449 g/mol. The topological polar surface area (TPSA) is 96.9 Å². The monoisotopic (exact) mass is 448 g/mol. The van der Waals surface area contributed by atoms with E-state index < -0.39 is 5.97 Å². The van der Waals surface area contributed by atoms with E-state index in [1.165, 1.54) is 19.3 Å². The summed E-state index contributed by atoms with van der Waals surface area (Å²) in [5.74, 6) is -0.910. The Balaban J connectivity index is -0.000000409. The molecule has 7 nitrogen and oxygen atoms in total. The van der Waals surface area contributed by atoms with Crippen LogP contribution in [0.1, 0.15) is 96.3 Å². The van der Waals surface area contributed by atoms with Gasteiger partial charge in [0.05, 0.1) is 6.61 Å². The zero-order chi connectivity index (χ0) is 24.0. The van der Waals surface area contributed by atoms with Gasteiger partial charge < -0.3 is 9.84 Å². The van der Waals surface area contributed by atoms with E-state index in [1.807, 2.05) is 41.5 Å². The third-order valence-corrected chi connectivity index (χ3v) is 4.10. The van der Waals surface area contributed by atoms with Gasteiger partial charge in [0.15, 0.2) is 0 Å². The maximum atomic E-state index is 10.7. The van der Waals surface area contributed by atoms with Gasteiger partial charge in [-0.15, -0.1) is 11.3 Å². The number of carboxylic acids is 1. The number of hydrogen-bond donors (Lipinski definition) is 3. The Bertz CT molecular complexity index is 526. The van der Waals surface area contributed by atoms with Gasteiger partial charge >= 0.3 is 5.97 Å². The lowest BCUT2D eigenvalue weighted by Crippen LogP contribution is -2.18. The van der Waals surface area contributed by atoms with Crippen molar-refractivity contribution in [3.05, 3.63) is 16.5 Å². The van der Waals surface area contributed by atoms with E-state index in [4.69, 9.17) is 10.0 Å². The number of anilines is 1. The molecule has 1 rings (SSSR count). The Hall–Kier alpha value is -1.64.